The number of benzene rings is 1. The van der Waals surface area contributed by atoms with Gasteiger partial charge < -0.3 is 8.83 Å². The molecule has 0 spiro atoms. The lowest BCUT2D eigenvalue weighted by atomic mass is 10.1. The van der Waals surface area contributed by atoms with E-state index in [-0.39, 0.29) is 10.6 Å². The first-order chi connectivity index (χ1) is 10.1. The van der Waals surface area contributed by atoms with Crippen LogP contribution >= 0.6 is 31.9 Å². The van der Waals surface area contributed by atoms with Crippen molar-refractivity contribution in [1.29, 1.82) is 0 Å². The summed E-state index contributed by atoms with van der Waals surface area (Å²) in [5, 5.41) is 0. The second-order valence-electron chi connectivity index (χ2n) is 4.75. The van der Waals surface area contributed by atoms with Gasteiger partial charge in [0.05, 0.1) is 10.3 Å². The van der Waals surface area contributed by atoms with E-state index in [0.717, 1.165) is 23.3 Å². The Balaban J connectivity index is 2.03. The van der Waals surface area contributed by atoms with E-state index in [1.54, 1.807) is 4.57 Å². The van der Waals surface area contributed by atoms with Gasteiger partial charge in [-0.1, -0.05) is 28.9 Å². The Morgan fingerprint density at radius 2 is 2.05 bits per heavy atom. The molecule has 2 aromatic heterocycles. The van der Waals surface area contributed by atoms with E-state index in [1.807, 2.05) is 37.3 Å². The maximum atomic E-state index is 11.8. The molecule has 3 aromatic rings. The topological polar surface area (TPSA) is 48.3 Å². The second kappa shape index (κ2) is 5.85. The summed E-state index contributed by atoms with van der Waals surface area (Å²) in [5.41, 5.74) is 2.40. The number of hydrogen-bond donors (Lipinski definition) is 0. The molecule has 6 heteroatoms. The first kappa shape index (κ1) is 14.7. The first-order valence-corrected chi connectivity index (χ1v) is 8.33. The molecule has 1 unspecified atom stereocenters. The molecule has 2 heterocycles. The smallest absolute Gasteiger partial charge is 0.419 e. The van der Waals surface area contributed by atoms with Crippen molar-refractivity contribution in [2.24, 2.45) is 0 Å². The zero-order valence-corrected chi connectivity index (χ0v) is 14.5. The van der Waals surface area contributed by atoms with Crippen LogP contribution in [0.5, 0.6) is 0 Å². The Labute approximate surface area is 138 Å². The fourth-order valence-electron chi connectivity index (χ4n) is 2.30. The molecule has 0 aliphatic rings. The molecule has 0 aliphatic carbocycles. The van der Waals surface area contributed by atoms with Crippen LogP contribution < -0.4 is 5.76 Å². The molecule has 3 rings (SSSR count). The lowest BCUT2D eigenvalue weighted by Crippen LogP contribution is -2.13. The summed E-state index contributed by atoms with van der Waals surface area (Å²) in [5.74, 6) is 0.479. The number of fused-ring (bicyclic) bond motifs is 1. The summed E-state index contributed by atoms with van der Waals surface area (Å²) in [7, 11) is 0. The number of furan rings is 1. The summed E-state index contributed by atoms with van der Waals surface area (Å²) in [6.07, 6.45) is 0.887. The maximum absolute atomic E-state index is 11.8. The lowest BCUT2D eigenvalue weighted by molar-refractivity contribution is 0.496. The van der Waals surface area contributed by atoms with Gasteiger partial charge in [0.1, 0.15) is 5.76 Å². The quantitative estimate of drug-likeness (QED) is 0.573. The predicted octanol–water partition coefficient (Wildman–Crippen LogP) is 4.84. The number of rotatable bonds is 4. The fourth-order valence-corrected chi connectivity index (χ4v) is 3.15. The number of nitrogens with zero attached hydrogens (tertiary/aromatic N) is 1. The lowest BCUT2D eigenvalue weighted by Gasteiger charge is -2.07. The van der Waals surface area contributed by atoms with E-state index < -0.39 is 0 Å². The van der Waals surface area contributed by atoms with E-state index in [4.69, 9.17) is 8.83 Å². The van der Waals surface area contributed by atoms with Crippen molar-refractivity contribution in [3.05, 3.63) is 56.9 Å². The standard InChI is InChI=1S/C15H13Br2NO3/c1-2-7-18-10-4-3-9(8-12(10)21-15(18)19)14(17)11-5-6-13(16)20-11/h3-6,8,14H,2,7H2,1H3. The summed E-state index contributed by atoms with van der Waals surface area (Å²) in [6, 6.07) is 9.50. The first-order valence-electron chi connectivity index (χ1n) is 6.62. The highest BCUT2D eigenvalue weighted by atomic mass is 79.9. The number of hydrogen-bond acceptors (Lipinski definition) is 3. The minimum absolute atomic E-state index is 0.0898. The number of halogens is 2. The van der Waals surface area contributed by atoms with Crippen LogP contribution in [-0.2, 0) is 6.54 Å². The van der Waals surface area contributed by atoms with Crippen LogP contribution in [0.2, 0.25) is 0 Å². The predicted molar refractivity (Wildman–Crippen MR) is 87.9 cm³/mol. The third-order valence-corrected chi connectivity index (χ3v) is 4.68. The summed E-state index contributed by atoms with van der Waals surface area (Å²) in [6.45, 7) is 2.69. The van der Waals surface area contributed by atoms with Gasteiger partial charge in [-0.2, -0.15) is 0 Å². The van der Waals surface area contributed by atoms with E-state index in [9.17, 15) is 4.79 Å². The number of aryl methyl sites for hydroxylation is 1. The molecule has 0 aliphatic heterocycles. The van der Waals surface area contributed by atoms with Crippen LogP contribution in [0.25, 0.3) is 11.1 Å². The molecule has 0 radical (unpaired) electrons. The Morgan fingerprint density at radius 1 is 1.24 bits per heavy atom. The molecule has 0 amide bonds. The van der Waals surface area contributed by atoms with Gasteiger partial charge in [-0.05, 0) is 52.2 Å². The van der Waals surface area contributed by atoms with Gasteiger partial charge in [0, 0.05) is 6.54 Å². The van der Waals surface area contributed by atoms with Gasteiger partial charge in [0.2, 0.25) is 0 Å². The molecule has 1 atom stereocenters. The Hall–Kier alpha value is -1.27. The molecular weight excluding hydrogens is 402 g/mol. The zero-order chi connectivity index (χ0) is 15.0. The average Bonchev–Trinajstić information content (AvgIpc) is 3.02. The van der Waals surface area contributed by atoms with Crippen LogP contribution in [0.3, 0.4) is 0 Å². The number of aromatic nitrogens is 1. The Bertz CT molecular complexity index is 831. The van der Waals surface area contributed by atoms with Crippen LogP contribution in [0.15, 0.2) is 48.6 Å². The molecule has 0 saturated heterocycles. The maximum Gasteiger partial charge on any atom is 0.419 e. The van der Waals surface area contributed by atoms with Crippen LogP contribution in [-0.4, -0.2) is 4.57 Å². The molecular formula is C15H13Br2NO3. The van der Waals surface area contributed by atoms with Crippen molar-refractivity contribution in [2.45, 2.75) is 24.7 Å². The number of oxazole rings is 1. The van der Waals surface area contributed by atoms with Gasteiger partial charge in [-0.25, -0.2) is 4.79 Å². The van der Waals surface area contributed by atoms with Crippen molar-refractivity contribution >= 4 is 43.0 Å². The highest BCUT2D eigenvalue weighted by molar-refractivity contribution is 9.10. The third-order valence-electron chi connectivity index (χ3n) is 3.28. The molecule has 110 valence electrons. The van der Waals surface area contributed by atoms with E-state index >= 15 is 0 Å². The average molecular weight is 415 g/mol. The SMILES string of the molecule is CCCn1c(=O)oc2cc(C(Br)c3ccc(Br)o3)ccc21. The summed E-state index contributed by atoms with van der Waals surface area (Å²) in [4.78, 5) is 11.8. The second-order valence-corrected chi connectivity index (χ2v) is 6.45. The molecule has 0 saturated carbocycles. The van der Waals surface area contributed by atoms with Crippen molar-refractivity contribution in [1.82, 2.24) is 4.57 Å². The zero-order valence-electron chi connectivity index (χ0n) is 11.3. The molecule has 4 nitrogen and oxygen atoms in total. The van der Waals surface area contributed by atoms with Gasteiger partial charge >= 0.3 is 5.76 Å². The third kappa shape index (κ3) is 2.74. The minimum Gasteiger partial charge on any atom is -0.453 e. The van der Waals surface area contributed by atoms with Gasteiger partial charge in [0.25, 0.3) is 0 Å². The van der Waals surface area contributed by atoms with Crippen LogP contribution in [0, 0.1) is 0 Å². The fraction of sp³-hybridized carbons (Fsp3) is 0.267. The molecule has 21 heavy (non-hydrogen) atoms. The van der Waals surface area contributed by atoms with E-state index in [1.165, 1.54) is 0 Å². The van der Waals surface area contributed by atoms with Crippen molar-refractivity contribution in [3.63, 3.8) is 0 Å². The summed E-state index contributed by atoms with van der Waals surface area (Å²) >= 11 is 6.90. The monoisotopic (exact) mass is 413 g/mol. The van der Waals surface area contributed by atoms with Gasteiger partial charge in [-0.15, -0.1) is 0 Å². The number of alkyl halides is 1. The minimum atomic E-state index is -0.309. The van der Waals surface area contributed by atoms with Crippen molar-refractivity contribution in [3.8, 4) is 0 Å². The van der Waals surface area contributed by atoms with Gasteiger partial charge in [0.15, 0.2) is 10.3 Å². The van der Waals surface area contributed by atoms with E-state index in [2.05, 4.69) is 31.9 Å². The molecule has 1 aromatic carbocycles. The molecule has 0 N–H and O–H groups in total. The highest BCUT2D eigenvalue weighted by Gasteiger charge is 2.17. The molecule has 0 bridgehead atoms. The Kier molecular flexibility index (Phi) is 4.08. The molecule has 0 fully saturated rings. The van der Waals surface area contributed by atoms with Crippen molar-refractivity contribution in [2.75, 3.05) is 0 Å². The highest BCUT2D eigenvalue weighted by Crippen LogP contribution is 2.34. The normalized spacial score (nSPS) is 12.9. The van der Waals surface area contributed by atoms with Crippen LogP contribution in [0.1, 0.15) is 29.5 Å². The van der Waals surface area contributed by atoms with Crippen LogP contribution in [0.4, 0.5) is 0 Å². The van der Waals surface area contributed by atoms with Gasteiger partial charge in [-0.3, -0.25) is 4.57 Å². The summed E-state index contributed by atoms with van der Waals surface area (Å²) < 4.78 is 13.2. The largest absolute Gasteiger partial charge is 0.453 e. The Morgan fingerprint density at radius 3 is 2.71 bits per heavy atom. The van der Waals surface area contributed by atoms with E-state index in [0.29, 0.717) is 16.8 Å². The van der Waals surface area contributed by atoms with Crippen molar-refractivity contribution < 1.29 is 8.83 Å².